The van der Waals surface area contributed by atoms with Crippen LogP contribution in [0.1, 0.15) is 17.5 Å². The van der Waals surface area contributed by atoms with Gasteiger partial charge in [0.05, 0.1) is 14.2 Å². The maximum absolute atomic E-state index is 12.3. The molecule has 0 atom stereocenters. The van der Waals surface area contributed by atoms with Gasteiger partial charge in [-0.2, -0.15) is 0 Å². The summed E-state index contributed by atoms with van der Waals surface area (Å²) >= 11 is 0. The number of nitrogens with one attached hydrogen (secondary N) is 2. The summed E-state index contributed by atoms with van der Waals surface area (Å²) in [6, 6.07) is 8.89. The number of carbonyl (C=O) groups is 2. The molecule has 0 unspecified atom stereocenters. The number of amides is 2. The standard InChI is InChI=1S/C20H22N2O5/c1-12-8-17(25-2)18(26-3)10-16(12)22-20(24)11-27-14-5-6-15-13(9-14)4-7-19(23)21-15/h5-6,8-10H,4,7,11H2,1-3H3,(H,21,23)(H,22,24). The van der Waals surface area contributed by atoms with Crippen LogP contribution in [0.5, 0.6) is 17.2 Å². The highest BCUT2D eigenvalue weighted by Crippen LogP contribution is 2.33. The van der Waals surface area contributed by atoms with Gasteiger partial charge in [-0.05, 0) is 48.7 Å². The fourth-order valence-corrected chi connectivity index (χ4v) is 2.90. The molecule has 2 aromatic rings. The second kappa shape index (κ2) is 7.99. The van der Waals surface area contributed by atoms with Crippen molar-refractivity contribution in [2.45, 2.75) is 19.8 Å². The van der Waals surface area contributed by atoms with Gasteiger partial charge in [-0.15, -0.1) is 0 Å². The first-order chi connectivity index (χ1) is 13.0. The molecule has 0 radical (unpaired) electrons. The molecule has 2 N–H and O–H groups in total. The Labute approximate surface area is 157 Å². The van der Waals surface area contributed by atoms with Gasteiger partial charge in [-0.1, -0.05) is 0 Å². The fraction of sp³-hybridized carbons (Fsp3) is 0.300. The lowest BCUT2D eigenvalue weighted by Crippen LogP contribution is -2.21. The lowest BCUT2D eigenvalue weighted by atomic mass is 10.0. The first kappa shape index (κ1) is 18.6. The van der Waals surface area contributed by atoms with Crippen LogP contribution in [-0.2, 0) is 16.0 Å². The summed E-state index contributed by atoms with van der Waals surface area (Å²) in [7, 11) is 3.10. The molecule has 7 heteroatoms. The van der Waals surface area contributed by atoms with E-state index in [9.17, 15) is 9.59 Å². The summed E-state index contributed by atoms with van der Waals surface area (Å²) in [4.78, 5) is 23.7. The average molecular weight is 370 g/mol. The van der Waals surface area contributed by atoms with Gasteiger partial charge in [-0.25, -0.2) is 0 Å². The predicted molar refractivity (Wildman–Crippen MR) is 102 cm³/mol. The van der Waals surface area contributed by atoms with Crippen molar-refractivity contribution >= 4 is 23.2 Å². The summed E-state index contributed by atoms with van der Waals surface area (Å²) < 4.78 is 16.1. The highest BCUT2D eigenvalue weighted by atomic mass is 16.5. The quantitative estimate of drug-likeness (QED) is 0.817. The number of carbonyl (C=O) groups excluding carboxylic acids is 2. The van der Waals surface area contributed by atoms with Crippen molar-refractivity contribution in [1.82, 2.24) is 0 Å². The number of rotatable bonds is 6. The van der Waals surface area contributed by atoms with Crippen molar-refractivity contribution in [1.29, 1.82) is 0 Å². The zero-order valence-corrected chi connectivity index (χ0v) is 15.5. The second-order valence-corrected chi connectivity index (χ2v) is 6.23. The van der Waals surface area contributed by atoms with E-state index in [0.29, 0.717) is 35.8 Å². The Morgan fingerprint density at radius 3 is 2.59 bits per heavy atom. The van der Waals surface area contributed by atoms with Crippen LogP contribution in [0.4, 0.5) is 11.4 Å². The molecular formula is C20H22N2O5. The van der Waals surface area contributed by atoms with E-state index in [-0.39, 0.29) is 18.4 Å². The number of fused-ring (bicyclic) bond motifs is 1. The van der Waals surface area contributed by atoms with E-state index >= 15 is 0 Å². The Balaban J connectivity index is 1.63. The molecule has 0 fully saturated rings. The molecule has 1 aliphatic rings. The predicted octanol–water partition coefficient (Wildman–Crippen LogP) is 2.91. The number of aryl methyl sites for hydroxylation is 2. The Morgan fingerprint density at radius 2 is 1.85 bits per heavy atom. The molecule has 0 aromatic heterocycles. The molecule has 1 heterocycles. The third kappa shape index (κ3) is 4.31. The minimum atomic E-state index is -0.281. The third-order valence-corrected chi connectivity index (χ3v) is 4.35. The van der Waals surface area contributed by atoms with E-state index in [2.05, 4.69) is 10.6 Å². The van der Waals surface area contributed by atoms with Gasteiger partial charge < -0.3 is 24.8 Å². The molecule has 1 aliphatic heterocycles. The molecule has 0 bridgehead atoms. The van der Waals surface area contributed by atoms with Gasteiger partial charge in [0.1, 0.15) is 5.75 Å². The van der Waals surface area contributed by atoms with Crippen LogP contribution in [-0.4, -0.2) is 32.6 Å². The lowest BCUT2D eigenvalue weighted by molar-refractivity contribution is -0.118. The number of benzene rings is 2. The minimum Gasteiger partial charge on any atom is -0.493 e. The van der Waals surface area contributed by atoms with Crippen LogP contribution in [0.15, 0.2) is 30.3 Å². The summed E-state index contributed by atoms with van der Waals surface area (Å²) in [5.41, 5.74) is 3.28. The van der Waals surface area contributed by atoms with Gasteiger partial charge in [-0.3, -0.25) is 9.59 Å². The Morgan fingerprint density at radius 1 is 1.11 bits per heavy atom. The van der Waals surface area contributed by atoms with E-state index in [1.807, 2.05) is 13.0 Å². The van der Waals surface area contributed by atoms with Crippen LogP contribution < -0.4 is 24.8 Å². The van der Waals surface area contributed by atoms with Crippen molar-refractivity contribution in [3.8, 4) is 17.2 Å². The lowest BCUT2D eigenvalue weighted by Gasteiger charge is -2.18. The normalized spacial score (nSPS) is 12.6. The maximum atomic E-state index is 12.3. The van der Waals surface area contributed by atoms with E-state index in [1.165, 1.54) is 0 Å². The molecule has 27 heavy (non-hydrogen) atoms. The fourth-order valence-electron chi connectivity index (χ4n) is 2.90. The zero-order chi connectivity index (χ0) is 19.4. The van der Waals surface area contributed by atoms with Gasteiger partial charge in [0.15, 0.2) is 18.1 Å². The van der Waals surface area contributed by atoms with E-state index in [1.54, 1.807) is 38.5 Å². The summed E-state index contributed by atoms with van der Waals surface area (Å²) in [5, 5.41) is 5.63. The van der Waals surface area contributed by atoms with Crippen LogP contribution >= 0.6 is 0 Å². The van der Waals surface area contributed by atoms with Crippen molar-refractivity contribution in [2.24, 2.45) is 0 Å². The topological polar surface area (TPSA) is 85.9 Å². The molecule has 0 saturated carbocycles. The summed E-state index contributed by atoms with van der Waals surface area (Å²) in [5.74, 6) is 1.46. The average Bonchev–Trinajstić information content (AvgIpc) is 2.67. The number of ether oxygens (including phenoxy) is 3. The summed E-state index contributed by atoms with van der Waals surface area (Å²) in [6.07, 6.45) is 1.12. The van der Waals surface area contributed by atoms with Gasteiger partial charge in [0.25, 0.3) is 5.91 Å². The van der Waals surface area contributed by atoms with Crippen molar-refractivity contribution in [3.05, 3.63) is 41.5 Å². The van der Waals surface area contributed by atoms with E-state index < -0.39 is 0 Å². The van der Waals surface area contributed by atoms with E-state index in [0.717, 1.165) is 16.8 Å². The smallest absolute Gasteiger partial charge is 0.262 e. The zero-order valence-electron chi connectivity index (χ0n) is 15.5. The number of anilines is 2. The van der Waals surface area contributed by atoms with Crippen LogP contribution in [0.25, 0.3) is 0 Å². The first-order valence-electron chi connectivity index (χ1n) is 8.58. The van der Waals surface area contributed by atoms with E-state index in [4.69, 9.17) is 14.2 Å². The molecule has 2 amide bonds. The Kier molecular flexibility index (Phi) is 5.49. The molecule has 0 saturated heterocycles. The second-order valence-electron chi connectivity index (χ2n) is 6.23. The highest BCUT2D eigenvalue weighted by molar-refractivity contribution is 5.94. The van der Waals surface area contributed by atoms with Gasteiger partial charge >= 0.3 is 0 Å². The number of hydrogen-bond donors (Lipinski definition) is 2. The third-order valence-electron chi connectivity index (χ3n) is 4.35. The molecule has 0 spiro atoms. The minimum absolute atomic E-state index is 0.0147. The van der Waals surface area contributed by atoms with Crippen molar-refractivity contribution < 1.29 is 23.8 Å². The number of hydrogen-bond acceptors (Lipinski definition) is 5. The molecule has 0 aliphatic carbocycles. The Hall–Kier alpha value is -3.22. The molecule has 142 valence electrons. The molecule has 2 aromatic carbocycles. The summed E-state index contributed by atoms with van der Waals surface area (Å²) in [6.45, 7) is 1.75. The first-order valence-corrected chi connectivity index (χ1v) is 8.58. The Bertz CT molecular complexity index is 879. The SMILES string of the molecule is COc1cc(C)c(NC(=O)COc2ccc3c(c2)CCC(=O)N3)cc1OC. The molecule has 7 nitrogen and oxygen atoms in total. The highest BCUT2D eigenvalue weighted by Gasteiger charge is 2.16. The van der Waals surface area contributed by atoms with Gasteiger partial charge in [0, 0.05) is 23.9 Å². The maximum Gasteiger partial charge on any atom is 0.262 e. The van der Waals surface area contributed by atoms with Crippen molar-refractivity contribution in [3.63, 3.8) is 0 Å². The molecular weight excluding hydrogens is 348 g/mol. The van der Waals surface area contributed by atoms with Crippen LogP contribution in [0, 0.1) is 6.92 Å². The molecule has 3 rings (SSSR count). The number of methoxy groups -OCH3 is 2. The van der Waals surface area contributed by atoms with Gasteiger partial charge in [0.2, 0.25) is 5.91 Å². The van der Waals surface area contributed by atoms with Crippen molar-refractivity contribution in [2.75, 3.05) is 31.5 Å². The van der Waals surface area contributed by atoms with Crippen LogP contribution in [0.3, 0.4) is 0 Å². The largest absolute Gasteiger partial charge is 0.493 e. The van der Waals surface area contributed by atoms with Crippen LogP contribution in [0.2, 0.25) is 0 Å². The monoisotopic (exact) mass is 370 g/mol.